The molecule has 0 saturated carbocycles. The number of carbonyl (C=O) groups is 1. The molecule has 1 aromatic heterocycles. The van der Waals surface area contributed by atoms with E-state index in [1.54, 1.807) is 25.3 Å². The van der Waals surface area contributed by atoms with E-state index in [4.69, 9.17) is 25.5 Å². The Morgan fingerprint density at radius 2 is 2.08 bits per heavy atom. The number of nitrogens with one attached hydrogen (secondary N) is 2. The van der Waals surface area contributed by atoms with Gasteiger partial charge in [0.1, 0.15) is 18.1 Å². The topological polar surface area (TPSA) is 72.7 Å². The molecule has 0 aliphatic heterocycles. The molecule has 0 aliphatic rings. The molecule has 1 aromatic carbocycles. The van der Waals surface area contributed by atoms with Gasteiger partial charge in [-0.1, -0.05) is 17.7 Å². The van der Waals surface area contributed by atoms with Crippen LogP contribution in [0, 0.1) is 6.92 Å². The van der Waals surface area contributed by atoms with Crippen molar-refractivity contribution in [1.29, 1.82) is 0 Å². The first-order valence-electron chi connectivity index (χ1n) is 7.55. The van der Waals surface area contributed by atoms with Gasteiger partial charge in [0.15, 0.2) is 5.75 Å². The monoisotopic (exact) mass is 352 g/mol. The lowest BCUT2D eigenvalue weighted by Gasteiger charge is -2.16. The molecule has 1 heterocycles. The third-order valence-electron chi connectivity index (χ3n) is 3.28. The fourth-order valence-corrected chi connectivity index (χ4v) is 2.32. The van der Waals surface area contributed by atoms with Crippen molar-refractivity contribution in [3.63, 3.8) is 0 Å². The summed E-state index contributed by atoms with van der Waals surface area (Å²) in [4.78, 5) is 12.2. The van der Waals surface area contributed by atoms with Crippen LogP contribution in [0.25, 0.3) is 0 Å². The van der Waals surface area contributed by atoms with E-state index in [-0.39, 0.29) is 12.1 Å². The lowest BCUT2D eigenvalue weighted by atomic mass is 10.2. The van der Waals surface area contributed by atoms with Crippen LogP contribution in [0.1, 0.15) is 24.5 Å². The van der Waals surface area contributed by atoms with Crippen molar-refractivity contribution in [2.45, 2.75) is 19.9 Å². The second-order valence-electron chi connectivity index (χ2n) is 5.23. The summed E-state index contributed by atoms with van der Waals surface area (Å²) in [5, 5.41) is 5.96. The van der Waals surface area contributed by atoms with Crippen molar-refractivity contribution in [1.82, 2.24) is 5.32 Å². The molecule has 0 saturated heterocycles. The molecule has 2 aromatic rings. The van der Waals surface area contributed by atoms with E-state index in [1.807, 2.05) is 26.0 Å². The van der Waals surface area contributed by atoms with Gasteiger partial charge in [-0.2, -0.15) is 0 Å². The average molecular weight is 353 g/mol. The highest BCUT2D eigenvalue weighted by Crippen LogP contribution is 2.33. The quantitative estimate of drug-likeness (QED) is 0.734. The summed E-state index contributed by atoms with van der Waals surface area (Å²) in [6.45, 7) is 4.45. The average Bonchev–Trinajstić information content (AvgIpc) is 2.96. The Bertz CT molecular complexity index is 687. The number of methoxy groups -OCH3 is 1. The molecular weight excluding hydrogens is 332 g/mol. The zero-order valence-electron chi connectivity index (χ0n) is 13.9. The number of ether oxygens (including phenoxy) is 2. The van der Waals surface area contributed by atoms with E-state index in [2.05, 4.69) is 10.6 Å². The summed E-state index contributed by atoms with van der Waals surface area (Å²) >= 11 is 6.14. The Kier molecular flexibility index (Phi) is 6.52. The first kappa shape index (κ1) is 18.2. The lowest BCUT2D eigenvalue weighted by molar-refractivity contribution is 0.146. The minimum Gasteiger partial charge on any atom is -0.487 e. The maximum absolute atomic E-state index is 12.2. The van der Waals surface area contributed by atoms with Gasteiger partial charge in [0.2, 0.25) is 0 Å². The minimum atomic E-state index is -0.379. The molecule has 6 nitrogen and oxygen atoms in total. The summed E-state index contributed by atoms with van der Waals surface area (Å²) in [5.41, 5.74) is 0.485. The first-order chi connectivity index (χ1) is 11.5. The van der Waals surface area contributed by atoms with Crippen LogP contribution in [-0.2, 0) is 4.74 Å². The second kappa shape index (κ2) is 8.61. The fraction of sp³-hybridized carbons (Fsp3) is 0.353. The molecule has 7 heteroatoms. The molecule has 1 atom stereocenters. The zero-order valence-corrected chi connectivity index (χ0v) is 14.6. The van der Waals surface area contributed by atoms with Crippen LogP contribution in [0.3, 0.4) is 0 Å². The predicted molar refractivity (Wildman–Crippen MR) is 92.8 cm³/mol. The van der Waals surface area contributed by atoms with Crippen molar-refractivity contribution in [3.8, 4) is 5.75 Å². The summed E-state index contributed by atoms with van der Waals surface area (Å²) in [6.07, 6.45) is 0. The van der Waals surface area contributed by atoms with E-state index >= 15 is 0 Å². The maximum Gasteiger partial charge on any atom is 0.319 e. The second-order valence-corrected chi connectivity index (χ2v) is 5.63. The third-order valence-corrected chi connectivity index (χ3v) is 3.58. The fourth-order valence-electron chi connectivity index (χ4n) is 2.09. The molecule has 130 valence electrons. The number of para-hydroxylation sites is 1. The van der Waals surface area contributed by atoms with Crippen molar-refractivity contribution in [2.24, 2.45) is 0 Å². The smallest absolute Gasteiger partial charge is 0.319 e. The summed E-state index contributed by atoms with van der Waals surface area (Å²) in [7, 11) is 1.58. The minimum absolute atomic E-state index is 0.268. The molecule has 24 heavy (non-hydrogen) atoms. The van der Waals surface area contributed by atoms with Crippen molar-refractivity contribution >= 4 is 23.3 Å². The van der Waals surface area contributed by atoms with Gasteiger partial charge in [-0.25, -0.2) is 4.79 Å². The van der Waals surface area contributed by atoms with E-state index < -0.39 is 0 Å². The highest BCUT2D eigenvalue weighted by atomic mass is 35.5. The first-order valence-corrected chi connectivity index (χ1v) is 7.93. The van der Waals surface area contributed by atoms with Gasteiger partial charge in [-0.3, -0.25) is 0 Å². The van der Waals surface area contributed by atoms with Gasteiger partial charge in [0, 0.05) is 7.11 Å². The van der Waals surface area contributed by atoms with E-state index in [0.29, 0.717) is 35.4 Å². The molecule has 0 spiro atoms. The number of hydrogen-bond donors (Lipinski definition) is 2. The summed E-state index contributed by atoms with van der Waals surface area (Å²) < 4.78 is 16.0. The molecule has 0 bridgehead atoms. The van der Waals surface area contributed by atoms with E-state index in [0.717, 1.165) is 5.76 Å². The van der Waals surface area contributed by atoms with Crippen LogP contribution >= 0.6 is 11.6 Å². The summed E-state index contributed by atoms with van der Waals surface area (Å²) in [6, 6.07) is 8.19. The van der Waals surface area contributed by atoms with Crippen LogP contribution in [0.5, 0.6) is 5.75 Å². The number of aryl methyl sites for hydroxylation is 1. The van der Waals surface area contributed by atoms with Crippen molar-refractivity contribution in [3.05, 3.63) is 46.9 Å². The number of carbonyl (C=O) groups excluding carboxylic acids is 1. The molecule has 2 N–H and O–H groups in total. The van der Waals surface area contributed by atoms with Crippen LogP contribution in [0.2, 0.25) is 5.02 Å². The number of halogens is 1. The van der Waals surface area contributed by atoms with Crippen LogP contribution in [0.15, 0.2) is 34.7 Å². The van der Waals surface area contributed by atoms with Gasteiger partial charge in [-0.15, -0.1) is 0 Å². The molecular formula is C17H21ClN2O4. The molecule has 0 radical (unpaired) electrons. The van der Waals surface area contributed by atoms with Crippen LogP contribution < -0.4 is 15.4 Å². The number of anilines is 1. The van der Waals surface area contributed by atoms with Crippen LogP contribution in [-0.4, -0.2) is 26.4 Å². The largest absolute Gasteiger partial charge is 0.487 e. The van der Waals surface area contributed by atoms with E-state index in [9.17, 15) is 4.79 Å². The van der Waals surface area contributed by atoms with Crippen molar-refractivity contribution in [2.75, 3.05) is 25.6 Å². The SMILES string of the molecule is COCCOc1c(Cl)cccc1NC(=O)NC(C)c1ccc(C)o1. The Hall–Kier alpha value is -2.18. The standard InChI is InChI=1S/C17H21ClN2O4/c1-11-7-8-15(24-11)12(2)19-17(21)20-14-6-4-5-13(18)16(14)23-10-9-22-3/h4-8,12H,9-10H2,1-3H3,(H2,19,20,21). The van der Waals surface area contributed by atoms with Gasteiger partial charge < -0.3 is 24.5 Å². The number of hydrogen-bond acceptors (Lipinski definition) is 4. The zero-order chi connectivity index (χ0) is 17.5. The predicted octanol–water partition coefficient (Wildman–Crippen LogP) is 4.15. The number of amides is 2. The number of urea groups is 1. The van der Waals surface area contributed by atoms with Gasteiger partial charge in [-0.05, 0) is 38.1 Å². The Morgan fingerprint density at radius 1 is 1.29 bits per heavy atom. The van der Waals surface area contributed by atoms with Gasteiger partial charge in [0.25, 0.3) is 0 Å². The molecule has 2 rings (SSSR count). The molecule has 2 amide bonds. The Balaban J connectivity index is 2.01. The maximum atomic E-state index is 12.2. The van der Waals surface area contributed by atoms with Crippen molar-refractivity contribution < 1.29 is 18.7 Å². The van der Waals surface area contributed by atoms with E-state index in [1.165, 1.54) is 0 Å². The number of furan rings is 1. The molecule has 0 fully saturated rings. The summed E-state index contributed by atoms with van der Waals surface area (Å²) in [5.74, 6) is 1.89. The highest BCUT2D eigenvalue weighted by Gasteiger charge is 2.15. The molecule has 1 unspecified atom stereocenters. The normalized spacial score (nSPS) is 11.8. The molecule has 0 aliphatic carbocycles. The van der Waals surface area contributed by atoms with Gasteiger partial charge >= 0.3 is 6.03 Å². The number of benzene rings is 1. The number of rotatable bonds is 7. The lowest BCUT2D eigenvalue weighted by Crippen LogP contribution is -2.31. The van der Waals surface area contributed by atoms with Gasteiger partial charge in [0.05, 0.1) is 23.4 Å². The highest BCUT2D eigenvalue weighted by molar-refractivity contribution is 6.32. The Labute approximate surface area is 146 Å². The Morgan fingerprint density at radius 3 is 2.75 bits per heavy atom. The van der Waals surface area contributed by atoms with Crippen LogP contribution in [0.4, 0.5) is 10.5 Å². The third kappa shape index (κ3) is 4.91.